The number of para-hydroxylation sites is 1. The number of hydrogen-bond acceptors (Lipinski definition) is 9. The molecule has 2 atom stereocenters. The molecule has 6 N–H and O–H groups in total. The molecule has 1 aliphatic rings. The van der Waals surface area contributed by atoms with Crippen molar-refractivity contribution in [2.75, 3.05) is 26.2 Å². The Morgan fingerprint density at radius 1 is 0.959 bits per heavy atom. The van der Waals surface area contributed by atoms with Gasteiger partial charge in [-0.15, -0.1) is 0 Å². The van der Waals surface area contributed by atoms with Crippen LogP contribution in [0.25, 0.3) is 10.9 Å². The van der Waals surface area contributed by atoms with Crippen LogP contribution in [0.3, 0.4) is 0 Å². The number of carbonyl (C=O) groups excluding carboxylic acids is 2. The van der Waals surface area contributed by atoms with E-state index in [0.717, 1.165) is 22.2 Å². The number of piperidine rings is 1. The van der Waals surface area contributed by atoms with Gasteiger partial charge < -0.3 is 30.3 Å². The van der Waals surface area contributed by atoms with Crippen LogP contribution in [0.2, 0.25) is 0 Å². The number of aryl methyl sites for hydroxylation is 1. The molecule has 19 heteroatoms. The van der Waals surface area contributed by atoms with Crippen molar-refractivity contribution in [2.45, 2.75) is 38.3 Å². The Kier molecular flexibility index (Phi) is 14.7. The molecule has 1 saturated heterocycles. The number of benzene rings is 2. The normalized spacial score (nSPS) is 16.3. The van der Waals surface area contributed by atoms with E-state index in [0.29, 0.717) is 44.0 Å². The number of alkyl halides is 6. The average molecular weight is 707 g/mol. The minimum Gasteiger partial charge on any atom is -0.489 e. The lowest BCUT2D eigenvalue weighted by atomic mass is 9.91. The lowest BCUT2D eigenvalue weighted by Gasteiger charge is -2.37. The smallest absolute Gasteiger partial charge is 0.489 e. The summed E-state index contributed by atoms with van der Waals surface area (Å²) in [6.07, 6.45) is -9.63. The third-order valence-corrected chi connectivity index (χ3v) is 6.80. The van der Waals surface area contributed by atoms with E-state index in [1.165, 1.54) is 0 Å². The van der Waals surface area contributed by atoms with Gasteiger partial charge in [0.25, 0.3) is 5.91 Å². The maximum Gasteiger partial charge on any atom is 0.490 e. The highest BCUT2D eigenvalue weighted by molar-refractivity contribution is 5.95. The van der Waals surface area contributed by atoms with Crippen molar-refractivity contribution in [3.8, 4) is 5.75 Å². The molecule has 4 rings (SSSR count). The fraction of sp³-hybridized carbons (Fsp3) is 0.367. The number of amides is 2. The number of aromatic nitrogens is 1. The number of carboxylic acids is 2. The quantitative estimate of drug-likeness (QED) is 0.114. The monoisotopic (exact) mass is 706 g/mol. The number of nitrogens with one attached hydrogen (secondary N) is 2. The number of ether oxygens (including phenoxy) is 1. The molecule has 0 unspecified atom stereocenters. The highest BCUT2D eigenvalue weighted by Gasteiger charge is 2.39. The molecule has 268 valence electrons. The number of hydrogen-bond donors (Lipinski definition) is 6. The van der Waals surface area contributed by atoms with Crippen molar-refractivity contribution in [3.05, 3.63) is 71.4 Å². The van der Waals surface area contributed by atoms with E-state index >= 15 is 0 Å². The van der Waals surface area contributed by atoms with Crippen molar-refractivity contribution >= 4 is 34.7 Å². The van der Waals surface area contributed by atoms with Gasteiger partial charge in [0.05, 0.1) is 18.0 Å². The first-order chi connectivity index (χ1) is 22.9. The van der Waals surface area contributed by atoms with Crippen LogP contribution < -0.4 is 15.5 Å². The number of aliphatic hydroxyl groups is 1. The molecule has 0 saturated carbocycles. The highest BCUT2D eigenvalue weighted by Crippen LogP contribution is 2.22. The lowest BCUT2D eigenvalue weighted by Crippen LogP contribution is -2.55. The first-order valence-electron chi connectivity index (χ1n) is 14.1. The summed E-state index contributed by atoms with van der Waals surface area (Å²) < 4.78 is 69.4. The molecule has 49 heavy (non-hydrogen) atoms. The number of rotatable bonds is 8. The Morgan fingerprint density at radius 3 is 2.06 bits per heavy atom. The van der Waals surface area contributed by atoms with Gasteiger partial charge in [-0.1, -0.05) is 18.2 Å². The number of aliphatic carboxylic acids is 2. The molecule has 3 aromatic rings. The Morgan fingerprint density at radius 2 is 1.53 bits per heavy atom. The second kappa shape index (κ2) is 17.9. The van der Waals surface area contributed by atoms with E-state index < -0.39 is 42.2 Å². The molecule has 1 aliphatic heterocycles. The van der Waals surface area contributed by atoms with Gasteiger partial charge in [-0.3, -0.25) is 19.8 Å². The molecule has 1 fully saturated rings. The van der Waals surface area contributed by atoms with Gasteiger partial charge in [-0.05, 0) is 49.7 Å². The molecule has 0 spiro atoms. The van der Waals surface area contributed by atoms with Crippen LogP contribution in [0.5, 0.6) is 5.75 Å². The van der Waals surface area contributed by atoms with Crippen molar-refractivity contribution in [2.24, 2.45) is 5.92 Å². The van der Waals surface area contributed by atoms with Crippen LogP contribution in [0.4, 0.5) is 26.3 Å². The summed E-state index contributed by atoms with van der Waals surface area (Å²) in [5.74, 6) is -6.36. The van der Waals surface area contributed by atoms with Crippen LogP contribution in [-0.2, 0) is 21.0 Å². The van der Waals surface area contributed by atoms with Gasteiger partial charge in [0, 0.05) is 47.9 Å². The number of fused-ring (bicyclic) bond motifs is 1. The Hall–Kier alpha value is -5.01. The van der Waals surface area contributed by atoms with Crippen LogP contribution in [0.1, 0.15) is 28.0 Å². The van der Waals surface area contributed by atoms with Gasteiger partial charge in [0.1, 0.15) is 12.4 Å². The van der Waals surface area contributed by atoms with Crippen molar-refractivity contribution < 1.29 is 70.8 Å². The topological polar surface area (TPSA) is 199 Å². The summed E-state index contributed by atoms with van der Waals surface area (Å²) in [6, 6.07) is 16.4. The third-order valence-electron chi connectivity index (χ3n) is 6.80. The maximum absolute atomic E-state index is 12.8. The highest BCUT2D eigenvalue weighted by atomic mass is 19.4. The summed E-state index contributed by atoms with van der Waals surface area (Å²) in [6.45, 7) is 3.72. The van der Waals surface area contributed by atoms with E-state index in [1.807, 2.05) is 42.2 Å². The molecule has 2 heterocycles. The zero-order valence-corrected chi connectivity index (χ0v) is 25.6. The lowest BCUT2D eigenvalue weighted by molar-refractivity contribution is -0.193. The largest absolute Gasteiger partial charge is 0.490 e. The number of likely N-dealkylation sites (tertiary alicyclic amines) is 1. The molecular weight excluding hydrogens is 674 g/mol. The van der Waals surface area contributed by atoms with E-state index in [2.05, 4.69) is 10.3 Å². The third kappa shape index (κ3) is 12.8. The van der Waals surface area contributed by atoms with E-state index in [9.17, 15) is 41.0 Å². The number of carbonyl (C=O) groups is 4. The SMILES string of the molecule is Cc1cc(COc2ccc(C(=O)N[C@@H]3CCN(CCO)C[C@@H]3C(=O)NO)cc2)c2ccccc2n1.O=C(O)C(F)(F)F.O=C(O)C(F)(F)F. The summed E-state index contributed by atoms with van der Waals surface area (Å²) in [7, 11) is 0. The molecule has 2 amide bonds. The second-order valence-electron chi connectivity index (χ2n) is 10.3. The minimum absolute atomic E-state index is 0.0180. The van der Waals surface area contributed by atoms with Crippen LogP contribution >= 0.6 is 0 Å². The Labute approximate surface area is 274 Å². The molecule has 2 aromatic carbocycles. The number of nitrogens with zero attached hydrogens (tertiary/aromatic N) is 2. The molecule has 1 aromatic heterocycles. The molecule has 0 aliphatic carbocycles. The number of aliphatic hydroxyl groups excluding tert-OH is 1. The number of halogens is 6. The van der Waals surface area contributed by atoms with E-state index in [-0.39, 0.29) is 12.5 Å². The average Bonchev–Trinajstić information content (AvgIpc) is 3.04. The van der Waals surface area contributed by atoms with Gasteiger partial charge in [0.2, 0.25) is 5.91 Å². The number of hydroxylamine groups is 1. The number of carboxylic acid groups (broad SMARTS) is 2. The van der Waals surface area contributed by atoms with E-state index in [1.54, 1.807) is 29.7 Å². The van der Waals surface area contributed by atoms with Gasteiger partial charge in [-0.25, -0.2) is 15.1 Å². The van der Waals surface area contributed by atoms with Crippen molar-refractivity contribution in [1.82, 2.24) is 20.7 Å². The van der Waals surface area contributed by atoms with Crippen molar-refractivity contribution in [1.29, 1.82) is 0 Å². The standard InChI is InChI=1S/C26H30N4O5.2C2HF3O2/c1-17-14-19(21-4-2-3-5-23(21)27-17)16-35-20-8-6-18(7-9-20)25(32)28-24-10-11-30(12-13-31)15-22(24)26(33)29-34;2*3-2(4,5)1(6)7/h2-9,14,22,24,31,34H,10-13,15-16H2,1H3,(H,28,32)(H,29,33);2*(H,6,7)/t22-,24+;;/m0../s1. The first kappa shape index (κ1) is 40.2. The van der Waals surface area contributed by atoms with Crippen LogP contribution in [-0.4, -0.2) is 98.8 Å². The summed E-state index contributed by atoms with van der Waals surface area (Å²) in [5.41, 5.74) is 5.02. The van der Waals surface area contributed by atoms with Gasteiger partial charge >= 0.3 is 24.3 Å². The number of β-amino-alcohol motifs (C(OH)–C–C–N with tert-alkyl or cyclic N) is 1. The fourth-order valence-electron chi connectivity index (χ4n) is 4.51. The van der Waals surface area contributed by atoms with Crippen LogP contribution in [0.15, 0.2) is 54.6 Å². The molecule has 0 radical (unpaired) electrons. The minimum atomic E-state index is -5.08. The Bertz CT molecular complexity index is 1560. The van der Waals surface area contributed by atoms with Gasteiger partial charge in [0.15, 0.2) is 0 Å². The zero-order chi connectivity index (χ0) is 36.9. The van der Waals surface area contributed by atoms with Gasteiger partial charge in [-0.2, -0.15) is 26.3 Å². The predicted octanol–water partition coefficient (Wildman–Crippen LogP) is 3.31. The molecule has 0 bridgehead atoms. The fourth-order valence-corrected chi connectivity index (χ4v) is 4.51. The molecule has 13 nitrogen and oxygen atoms in total. The number of pyridine rings is 1. The maximum atomic E-state index is 12.8. The summed E-state index contributed by atoms with van der Waals surface area (Å²) in [5, 5.41) is 36.5. The van der Waals surface area contributed by atoms with Crippen molar-refractivity contribution in [3.63, 3.8) is 0 Å². The van der Waals surface area contributed by atoms with E-state index in [4.69, 9.17) is 29.7 Å². The zero-order valence-electron chi connectivity index (χ0n) is 25.6. The first-order valence-corrected chi connectivity index (χ1v) is 14.1. The molecular formula is C30H32F6N4O9. The predicted molar refractivity (Wildman–Crippen MR) is 157 cm³/mol. The summed E-state index contributed by atoms with van der Waals surface area (Å²) in [4.78, 5) is 49.3. The summed E-state index contributed by atoms with van der Waals surface area (Å²) >= 11 is 0. The Balaban J connectivity index is 0.000000500. The van der Waals surface area contributed by atoms with Crippen LogP contribution in [0, 0.1) is 12.8 Å². The second-order valence-corrected chi connectivity index (χ2v) is 10.3.